The van der Waals surface area contributed by atoms with E-state index in [1.807, 2.05) is 18.2 Å². The molecule has 0 spiro atoms. The van der Waals surface area contributed by atoms with Gasteiger partial charge in [-0.25, -0.2) is 4.39 Å². The third kappa shape index (κ3) is 3.18. The molecule has 2 atom stereocenters. The number of H-pyrrole nitrogens is 1. The van der Waals surface area contributed by atoms with Crippen LogP contribution in [-0.4, -0.2) is 40.8 Å². The maximum atomic E-state index is 14.0. The van der Waals surface area contributed by atoms with E-state index < -0.39 is 0 Å². The number of piperidine rings is 1. The Balaban J connectivity index is 1.34. The zero-order chi connectivity index (χ0) is 20.0. The largest absolute Gasteiger partial charge is 0.489 e. The van der Waals surface area contributed by atoms with Gasteiger partial charge >= 0.3 is 0 Å². The van der Waals surface area contributed by atoms with Crippen LogP contribution in [0.1, 0.15) is 40.1 Å². The van der Waals surface area contributed by atoms with Crippen LogP contribution in [0.3, 0.4) is 0 Å². The van der Waals surface area contributed by atoms with Crippen LogP contribution in [0.5, 0.6) is 5.75 Å². The van der Waals surface area contributed by atoms with Crippen molar-refractivity contribution in [1.29, 1.82) is 0 Å². The van der Waals surface area contributed by atoms with E-state index in [4.69, 9.17) is 4.74 Å². The van der Waals surface area contributed by atoms with Gasteiger partial charge in [0.25, 0.3) is 5.91 Å². The molecule has 2 aliphatic heterocycles. The number of halogens is 1. The third-order valence-corrected chi connectivity index (χ3v) is 5.96. The van der Waals surface area contributed by atoms with E-state index in [1.165, 1.54) is 6.07 Å². The molecule has 6 heteroatoms. The number of hydrogen-bond donors (Lipinski definition) is 1. The zero-order valence-corrected chi connectivity index (χ0v) is 15.9. The number of amides is 1. The molecule has 5 rings (SSSR count). The van der Waals surface area contributed by atoms with Gasteiger partial charge in [-0.3, -0.25) is 9.59 Å². The summed E-state index contributed by atoms with van der Waals surface area (Å²) in [5.74, 6) is 0.291. The summed E-state index contributed by atoms with van der Waals surface area (Å²) in [4.78, 5) is 30.2. The van der Waals surface area contributed by atoms with Gasteiger partial charge < -0.3 is 14.6 Å². The molecule has 1 amide bonds. The molecule has 0 aliphatic carbocycles. The lowest BCUT2D eigenvalue weighted by molar-refractivity contribution is 0.0406. The van der Waals surface area contributed by atoms with E-state index in [9.17, 15) is 14.0 Å². The Kier molecular flexibility index (Phi) is 4.34. The second-order valence-corrected chi connectivity index (χ2v) is 7.82. The number of hydrogen-bond acceptors (Lipinski definition) is 3. The predicted octanol–water partition coefficient (Wildman–Crippen LogP) is 4.19. The summed E-state index contributed by atoms with van der Waals surface area (Å²) in [5, 5.41) is 0.680. The molecule has 0 unspecified atom stereocenters. The van der Waals surface area contributed by atoms with Gasteiger partial charge in [-0.05, 0) is 37.1 Å². The maximum absolute atomic E-state index is 14.0. The van der Waals surface area contributed by atoms with Crippen LogP contribution in [0.25, 0.3) is 10.9 Å². The van der Waals surface area contributed by atoms with Crippen molar-refractivity contribution in [3.63, 3.8) is 0 Å². The smallest absolute Gasteiger partial charge is 0.270 e. The molecule has 0 bridgehead atoms. The summed E-state index contributed by atoms with van der Waals surface area (Å²) in [6.45, 7) is 1.17. The lowest BCUT2D eigenvalue weighted by Crippen LogP contribution is -2.46. The van der Waals surface area contributed by atoms with Crippen molar-refractivity contribution >= 4 is 22.6 Å². The number of rotatable bonds is 2. The van der Waals surface area contributed by atoms with Crippen LogP contribution in [0.2, 0.25) is 0 Å². The number of benzene rings is 2. The highest BCUT2D eigenvalue weighted by atomic mass is 19.1. The highest BCUT2D eigenvalue weighted by Gasteiger charge is 2.36. The zero-order valence-electron chi connectivity index (χ0n) is 15.9. The fourth-order valence-corrected chi connectivity index (χ4v) is 4.46. The van der Waals surface area contributed by atoms with E-state index in [0.29, 0.717) is 47.4 Å². The summed E-state index contributed by atoms with van der Waals surface area (Å²) in [6.07, 6.45) is 1.86. The fraction of sp³-hybridized carbons (Fsp3) is 0.304. The number of Topliss-reactive ketones (excluding diaryl/α,β-unsaturated/α-hetero) is 1. The molecule has 1 fully saturated rings. The van der Waals surface area contributed by atoms with Gasteiger partial charge in [-0.2, -0.15) is 0 Å². The van der Waals surface area contributed by atoms with Crippen molar-refractivity contribution < 1.29 is 18.7 Å². The van der Waals surface area contributed by atoms with Crippen LogP contribution in [0.15, 0.2) is 48.5 Å². The SMILES string of the molecule is O=C1C[C@H]([C@@H]2CCCN(C(=O)c3cc4cccc(F)c4[nH]3)C2)Oc2ccccc21. The van der Waals surface area contributed by atoms with Gasteiger partial charge in [0.2, 0.25) is 0 Å². The molecular weight excluding hydrogens is 371 g/mol. The van der Waals surface area contributed by atoms with Gasteiger partial charge in [-0.1, -0.05) is 24.3 Å². The molecule has 29 heavy (non-hydrogen) atoms. The minimum atomic E-state index is -0.370. The molecule has 1 N–H and O–H groups in total. The van der Waals surface area contributed by atoms with Gasteiger partial charge in [0.15, 0.2) is 5.78 Å². The normalized spacial score (nSPS) is 21.7. The minimum absolute atomic E-state index is 0.0890. The molecule has 3 aromatic rings. The van der Waals surface area contributed by atoms with Crippen LogP contribution < -0.4 is 4.74 Å². The Morgan fingerprint density at radius 3 is 2.90 bits per heavy atom. The molecular formula is C23H21FN2O3. The van der Waals surface area contributed by atoms with Crippen molar-refractivity contribution in [2.24, 2.45) is 5.92 Å². The number of nitrogens with zero attached hydrogens (tertiary/aromatic N) is 1. The van der Waals surface area contributed by atoms with E-state index >= 15 is 0 Å². The molecule has 5 nitrogen and oxygen atoms in total. The van der Waals surface area contributed by atoms with E-state index in [1.54, 1.807) is 29.2 Å². The first-order valence-electron chi connectivity index (χ1n) is 9.95. The topological polar surface area (TPSA) is 62.4 Å². The molecule has 1 aromatic heterocycles. The monoisotopic (exact) mass is 392 g/mol. The quantitative estimate of drug-likeness (QED) is 0.711. The standard InChI is InChI=1S/C23H21FN2O3/c24-17-8-3-5-14-11-18(25-22(14)17)23(28)26-10-4-6-15(13-26)21-12-19(27)16-7-1-2-9-20(16)29-21/h1-3,5,7-9,11,15,21,25H,4,6,10,12-13H2/t15-,21-/m1/s1. The summed E-state index contributed by atoms with van der Waals surface area (Å²) < 4.78 is 20.1. The molecule has 2 aliphatic rings. The van der Waals surface area contributed by atoms with Gasteiger partial charge in [-0.15, -0.1) is 0 Å². The van der Waals surface area contributed by atoms with Crippen LogP contribution >= 0.6 is 0 Å². The number of para-hydroxylation sites is 2. The number of likely N-dealkylation sites (tertiary alicyclic amines) is 1. The average molecular weight is 392 g/mol. The fourth-order valence-electron chi connectivity index (χ4n) is 4.46. The predicted molar refractivity (Wildman–Crippen MR) is 107 cm³/mol. The van der Waals surface area contributed by atoms with Crippen molar-refractivity contribution in [1.82, 2.24) is 9.88 Å². The summed E-state index contributed by atoms with van der Waals surface area (Å²) in [6, 6.07) is 13.8. The Morgan fingerprint density at radius 2 is 2.03 bits per heavy atom. The summed E-state index contributed by atoms with van der Waals surface area (Å²) in [7, 11) is 0. The van der Waals surface area contributed by atoms with Crippen LogP contribution in [0, 0.1) is 11.7 Å². The number of ether oxygens (including phenoxy) is 1. The molecule has 0 radical (unpaired) electrons. The molecule has 2 aromatic carbocycles. The van der Waals surface area contributed by atoms with Crippen molar-refractivity contribution in [2.75, 3.05) is 13.1 Å². The number of aromatic nitrogens is 1. The second kappa shape index (κ2) is 7.03. The van der Waals surface area contributed by atoms with E-state index in [2.05, 4.69) is 4.98 Å². The van der Waals surface area contributed by atoms with Crippen LogP contribution in [0.4, 0.5) is 4.39 Å². The Labute approximate surface area is 167 Å². The molecule has 0 saturated carbocycles. The Hall–Kier alpha value is -3.15. The number of nitrogens with one attached hydrogen (secondary N) is 1. The molecule has 148 valence electrons. The first kappa shape index (κ1) is 17.9. The number of aromatic amines is 1. The van der Waals surface area contributed by atoms with Crippen molar-refractivity contribution in [3.05, 3.63) is 65.6 Å². The average Bonchev–Trinajstić information content (AvgIpc) is 3.19. The van der Waals surface area contributed by atoms with Crippen molar-refractivity contribution in [2.45, 2.75) is 25.4 Å². The number of ketones is 1. The van der Waals surface area contributed by atoms with Gasteiger partial charge in [0, 0.05) is 30.8 Å². The number of carbonyl (C=O) groups excluding carboxylic acids is 2. The number of fused-ring (bicyclic) bond motifs is 2. The lowest BCUT2D eigenvalue weighted by atomic mass is 9.87. The first-order chi connectivity index (χ1) is 14.1. The molecule has 1 saturated heterocycles. The Bertz CT molecular complexity index is 1110. The van der Waals surface area contributed by atoms with Crippen LogP contribution in [-0.2, 0) is 0 Å². The van der Waals surface area contributed by atoms with Crippen molar-refractivity contribution in [3.8, 4) is 5.75 Å². The van der Waals surface area contributed by atoms with E-state index in [-0.39, 0.29) is 29.5 Å². The first-order valence-corrected chi connectivity index (χ1v) is 9.95. The van der Waals surface area contributed by atoms with E-state index in [0.717, 1.165) is 12.8 Å². The maximum Gasteiger partial charge on any atom is 0.270 e. The Morgan fingerprint density at radius 1 is 1.17 bits per heavy atom. The van der Waals surface area contributed by atoms with Gasteiger partial charge in [0.05, 0.1) is 11.1 Å². The summed E-state index contributed by atoms with van der Waals surface area (Å²) in [5.41, 5.74) is 1.37. The second-order valence-electron chi connectivity index (χ2n) is 7.82. The summed E-state index contributed by atoms with van der Waals surface area (Å²) >= 11 is 0. The highest BCUT2D eigenvalue weighted by Crippen LogP contribution is 2.33. The minimum Gasteiger partial charge on any atom is -0.489 e. The number of carbonyl (C=O) groups is 2. The molecule has 3 heterocycles. The lowest BCUT2D eigenvalue weighted by Gasteiger charge is -2.38. The highest BCUT2D eigenvalue weighted by molar-refractivity contribution is 6.00. The van der Waals surface area contributed by atoms with Gasteiger partial charge in [0.1, 0.15) is 23.4 Å². The third-order valence-electron chi connectivity index (χ3n) is 5.96.